The van der Waals surface area contributed by atoms with E-state index in [9.17, 15) is 0 Å². The first-order chi connectivity index (χ1) is 13.0. The third-order valence-corrected chi connectivity index (χ3v) is 5.82. The molecule has 2 aliphatic heterocycles. The molecule has 2 saturated heterocycles. The largest absolute Gasteiger partial charge is 0.354 e. The summed E-state index contributed by atoms with van der Waals surface area (Å²) in [4.78, 5) is 20.5. The third kappa shape index (κ3) is 5.92. The molecule has 1 unspecified atom stereocenters. The lowest BCUT2D eigenvalue weighted by Gasteiger charge is -2.44. The minimum atomic E-state index is 0. The number of piperidine rings is 1. The zero-order chi connectivity index (χ0) is 19.3. The first kappa shape index (κ1) is 23.1. The van der Waals surface area contributed by atoms with Crippen LogP contribution in [0.3, 0.4) is 0 Å². The van der Waals surface area contributed by atoms with Crippen LogP contribution in [0.15, 0.2) is 23.5 Å². The molecule has 1 aromatic rings. The first-order valence-corrected chi connectivity index (χ1v) is 10.2. The van der Waals surface area contributed by atoms with Gasteiger partial charge in [-0.2, -0.15) is 0 Å². The van der Waals surface area contributed by atoms with Crippen molar-refractivity contribution in [1.29, 1.82) is 0 Å². The van der Waals surface area contributed by atoms with E-state index in [2.05, 4.69) is 55.7 Å². The number of likely N-dealkylation sites (tertiary alicyclic amines) is 1. The molecule has 3 rings (SSSR count). The summed E-state index contributed by atoms with van der Waals surface area (Å²) in [6.07, 6.45) is 6.28. The predicted octanol–water partition coefficient (Wildman–Crippen LogP) is 2.30. The maximum absolute atomic E-state index is 4.54. The lowest BCUT2D eigenvalue weighted by molar-refractivity contribution is 0.0734. The Balaban J connectivity index is 0.00000280. The van der Waals surface area contributed by atoms with E-state index in [-0.39, 0.29) is 29.5 Å². The van der Waals surface area contributed by atoms with E-state index in [0.717, 1.165) is 50.5 Å². The van der Waals surface area contributed by atoms with E-state index < -0.39 is 0 Å². The summed E-state index contributed by atoms with van der Waals surface area (Å²) in [6, 6.07) is 1.86. The predicted molar refractivity (Wildman–Crippen MR) is 127 cm³/mol. The smallest absolute Gasteiger partial charge is 0.225 e. The first-order valence-electron chi connectivity index (χ1n) is 10.2. The fourth-order valence-corrected chi connectivity index (χ4v) is 4.05. The Labute approximate surface area is 187 Å². The number of hydrogen-bond donors (Lipinski definition) is 1. The minimum absolute atomic E-state index is 0. The van der Waals surface area contributed by atoms with Gasteiger partial charge in [-0.3, -0.25) is 9.89 Å². The van der Waals surface area contributed by atoms with Crippen LogP contribution in [0, 0.1) is 5.92 Å². The number of aromatic nitrogens is 2. The fourth-order valence-electron chi connectivity index (χ4n) is 4.05. The van der Waals surface area contributed by atoms with Gasteiger partial charge in [-0.25, -0.2) is 9.97 Å². The van der Waals surface area contributed by atoms with Gasteiger partial charge in [-0.15, -0.1) is 24.0 Å². The van der Waals surface area contributed by atoms with Crippen LogP contribution in [-0.4, -0.2) is 84.1 Å². The van der Waals surface area contributed by atoms with Crippen molar-refractivity contribution in [3.63, 3.8) is 0 Å². The lowest BCUT2D eigenvalue weighted by Crippen LogP contribution is -2.58. The number of rotatable bonds is 4. The highest BCUT2D eigenvalue weighted by Gasteiger charge is 2.31. The normalized spacial score (nSPS) is 22.0. The molecular formula is C20H36IN7. The van der Waals surface area contributed by atoms with Crippen LogP contribution >= 0.6 is 24.0 Å². The van der Waals surface area contributed by atoms with Gasteiger partial charge in [-0.05, 0) is 45.2 Å². The van der Waals surface area contributed by atoms with Crippen LogP contribution in [0.4, 0.5) is 5.95 Å². The quantitative estimate of drug-likeness (QED) is 0.388. The average molecular weight is 501 g/mol. The molecule has 3 heterocycles. The summed E-state index contributed by atoms with van der Waals surface area (Å²) < 4.78 is 0. The Bertz CT molecular complexity index is 614. The standard InChI is InChI=1S/C20H35N7.HI/c1-17-7-5-10-27(15-17)20(2,3)16-24-18(21-4)25-11-13-26(14-12-25)19-22-8-6-9-23-19;/h6,8-9,17H,5,7,10-16H2,1-4H3,(H,21,24);1H. The van der Waals surface area contributed by atoms with Gasteiger partial charge in [0.05, 0.1) is 0 Å². The molecule has 2 aliphatic rings. The zero-order valence-electron chi connectivity index (χ0n) is 17.8. The van der Waals surface area contributed by atoms with Gasteiger partial charge in [0.2, 0.25) is 5.95 Å². The molecule has 8 heteroatoms. The van der Waals surface area contributed by atoms with Crippen LogP contribution in [-0.2, 0) is 0 Å². The maximum atomic E-state index is 4.54. The van der Waals surface area contributed by atoms with Crippen molar-refractivity contribution in [2.45, 2.75) is 39.2 Å². The number of aliphatic imine (C=N–C) groups is 1. The molecule has 0 saturated carbocycles. The number of halogens is 1. The van der Waals surface area contributed by atoms with E-state index in [4.69, 9.17) is 0 Å². The van der Waals surface area contributed by atoms with E-state index >= 15 is 0 Å². The minimum Gasteiger partial charge on any atom is -0.354 e. The third-order valence-electron chi connectivity index (χ3n) is 5.82. The van der Waals surface area contributed by atoms with Crippen molar-refractivity contribution < 1.29 is 0 Å². The number of guanidine groups is 1. The molecule has 1 N–H and O–H groups in total. The lowest BCUT2D eigenvalue weighted by atomic mass is 9.93. The summed E-state index contributed by atoms with van der Waals surface area (Å²) in [7, 11) is 1.88. The SMILES string of the molecule is CN=C(NCC(C)(C)N1CCCC(C)C1)N1CCN(c2ncccn2)CC1.I. The highest BCUT2D eigenvalue weighted by molar-refractivity contribution is 14.0. The maximum Gasteiger partial charge on any atom is 0.225 e. The highest BCUT2D eigenvalue weighted by Crippen LogP contribution is 2.23. The molecule has 1 atom stereocenters. The molecule has 7 nitrogen and oxygen atoms in total. The summed E-state index contributed by atoms with van der Waals surface area (Å²) >= 11 is 0. The molecule has 0 aliphatic carbocycles. The Kier molecular flexibility index (Phi) is 8.73. The molecule has 2 fully saturated rings. The number of hydrogen-bond acceptors (Lipinski definition) is 5. The molecule has 0 radical (unpaired) electrons. The second-order valence-electron chi connectivity index (χ2n) is 8.43. The second-order valence-corrected chi connectivity index (χ2v) is 8.43. The second kappa shape index (κ2) is 10.6. The molecule has 0 bridgehead atoms. The zero-order valence-corrected chi connectivity index (χ0v) is 20.1. The summed E-state index contributed by atoms with van der Waals surface area (Å²) in [5.41, 5.74) is 0.129. The molecule has 0 aromatic carbocycles. The highest BCUT2D eigenvalue weighted by atomic mass is 127. The monoisotopic (exact) mass is 501 g/mol. The Morgan fingerprint density at radius 3 is 2.46 bits per heavy atom. The van der Waals surface area contributed by atoms with Crippen molar-refractivity contribution >= 4 is 35.9 Å². The Morgan fingerprint density at radius 2 is 1.86 bits per heavy atom. The van der Waals surface area contributed by atoms with Gasteiger partial charge in [-0.1, -0.05) is 6.92 Å². The number of nitrogens with zero attached hydrogens (tertiary/aromatic N) is 6. The van der Waals surface area contributed by atoms with Gasteiger partial charge in [0.1, 0.15) is 0 Å². The molecule has 1 aromatic heterocycles. The van der Waals surface area contributed by atoms with Crippen molar-refractivity contribution in [2.24, 2.45) is 10.9 Å². The van der Waals surface area contributed by atoms with E-state index in [1.807, 2.05) is 13.1 Å². The van der Waals surface area contributed by atoms with E-state index in [1.165, 1.54) is 25.9 Å². The fraction of sp³-hybridized carbons (Fsp3) is 0.750. The van der Waals surface area contributed by atoms with Crippen LogP contribution in [0.5, 0.6) is 0 Å². The summed E-state index contributed by atoms with van der Waals surface area (Å²) in [5.74, 6) is 2.62. The van der Waals surface area contributed by atoms with Gasteiger partial charge in [0.25, 0.3) is 0 Å². The molecule has 158 valence electrons. The number of anilines is 1. The van der Waals surface area contributed by atoms with Crippen molar-refractivity contribution in [3.05, 3.63) is 18.5 Å². The van der Waals surface area contributed by atoms with Gasteiger partial charge in [0.15, 0.2) is 5.96 Å². The van der Waals surface area contributed by atoms with Crippen molar-refractivity contribution in [3.8, 4) is 0 Å². The van der Waals surface area contributed by atoms with E-state index in [1.54, 1.807) is 12.4 Å². The molecular weight excluding hydrogens is 465 g/mol. The van der Waals surface area contributed by atoms with Crippen molar-refractivity contribution in [1.82, 2.24) is 25.1 Å². The molecule has 0 amide bonds. The number of piperazine rings is 1. The topological polar surface area (TPSA) is 59.9 Å². The van der Waals surface area contributed by atoms with Crippen LogP contribution in [0.1, 0.15) is 33.6 Å². The van der Waals surface area contributed by atoms with Gasteiger partial charge >= 0.3 is 0 Å². The van der Waals surface area contributed by atoms with Crippen molar-refractivity contribution in [2.75, 3.05) is 57.8 Å². The Morgan fingerprint density at radius 1 is 1.18 bits per heavy atom. The van der Waals surface area contributed by atoms with Crippen LogP contribution < -0.4 is 10.2 Å². The molecule has 0 spiro atoms. The average Bonchev–Trinajstić information content (AvgIpc) is 2.69. The van der Waals surface area contributed by atoms with Crippen LogP contribution in [0.25, 0.3) is 0 Å². The molecule has 28 heavy (non-hydrogen) atoms. The van der Waals surface area contributed by atoms with Gasteiger partial charge < -0.3 is 15.1 Å². The summed E-state index contributed by atoms with van der Waals surface area (Å²) in [5, 5.41) is 3.63. The number of nitrogens with one attached hydrogen (secondary N) is 1. The van der Waals surface area contributed by atoms with Gasteiger partial charge in [0, 0.05) is 64.2 Å². The van der Waals surface area contributed by atoms with E-state index in [0.29, 0.717) is 0 Å². The van der Waals surface area contributed by atoms with Crippen LogP contribution in [0.2, 0.25) is 0 Å². The summed E-state index contributed by atoms with van der Waals surface area (Å²) in [6.45, 7) is 14.1. The Hall–Kier alpha value is -1.16.